The van der Waals surface area contributed by atoms with Gasteiger partial charge in [0.1, 0.15) is 18.5 Å². The molecule has 3 aromatic rings. The first-order chi connectivity index (χ1) is 20.4. The highest BCUT2D eigenvalue weighted by atomic mass is 28.4. The van der Waals surface area contributed by atoms with Gasteiger partial charge in [-0.25, -0.2) is 0 Å². The number of carbonyl (C=O) groups excluding carboxylic acids is 1. The summed E-state index contributed by atoms with van der Waals surface area (Å²) < 4.78 is 18.3. The maximum atomic E-state index is 11.5. The van der Waals surface area contributed by atoms with Gasteiger partial charge in [0.15, 0.2) is 8.32 Å². The largest absolute Gasteiger partial charge is 0.489 e. The van der Waals surface area contributed by atoms with Gasteiger partial charge >= 0.3 is 5.97 Å². The summed E-state index contributed by atoms with van der Waals surface area (Å²) in [6.07, 6.45) is 4.99. The molecule has 1 atom stereocenters. The first kappa shape index (κ1) is 33.0. The van der Waals surface area contributed by atoms with Crippen LogP contribution in [0.25, 0.3) is 11.1 Å². The maximum Gasteiger partial charge on any atom is 0.306 e. The summed E-state index contributed by atoms with van der Waals surface area (Å²) in [6.45, 7) is 20.7. The van der Waals surface area contributed by atoms with E-state index < -0.39 is 8.32 Å². The number of hydrogen-bond donors (Lipinski definition) is 0. The molecular formula is C38H52O4Si. The summed E-state index contributed by atoms with van der Waals surface area (Å²) in [5.74, 6) is 0.726. The minimum atomic E-state index is -1.74. The van der Waals surface area contributed by atoms with Gasteiger partial charge in [0, 0.05) is 11.8 Å². The van der Waals surface area contributed by atoms with Crippen LogP contribution in [-0.4, -0.2) is 27.0 Å². The van der Waals surface area contributed by atoms with Crippen molar-refractivity contribution in [3.05, 3.63) is 88.5 Å². The Kier molecular flexibility index (Phi) is 10.3. The van der Waals surface area contributed by atoms with Crippen LogP contribution in [0.1, 0.15) is 94.0 Å². The van der Waals surface area contributed by atoms with Gasteiger partial charge in [0.25, 0.3) is 0 Å². The second kappa shape index (κ2) is 13.4. The SMILES string of the molecule is CCC(CC)(O[Si](C)(C)C)c1cccc(-c2ccc(C(CC)(CC)c3ccc(OC[C@H]4CCC(=O)O4)c(C)c3)cc2C)c1. The molecule has 1 heterocycles. The number of rotatable bonds is 13. The first-order valence-corrected chi connectivity index (χ1v) is 19.7. The van der Waals surface area contributed by atoms with E-state index in [2.05, 4.69) is 122 Å². The Labute approximate surface area is 261 Å². The summed E-state index contributed by atoms with van der Waals surface area (Å²) in [7, 11) is -1.74. The summed E-state index contributed by atoms with van der Waals surface area (Å²) in [5.41, 5.74) is 8.50. The Bertz CT molecular complexity index is 1410. The molecule has 0 bridgehead atoms. The van der Waals surface area contributed by atoms with Crippen molar-refractivity contribution in [3.8, 4) is 16.9 Å². The number of carbonyl (C=O) groups is 1. The molecule has 0 aromatic heterocycles. The van der Waals surface area contributed by atoms with E-state index in [0.29, 0.717) is 13.0 Å². The normalized spacial score (nSPS) is 15.9. The van der Waals surface area contributed by atoms with Crippen LogP contribution in [0.3, 0.4) is 0 Å². The lowest BCUT2D eigenvalue weighted by atomic mass is 9.69. The molecule has 0 unspecified atom stereocenters. The fourth-order valence-electron chi connectivity index (χ4n) is 6.93. The van der Waals surface area contributed by atoms with E-state index in [9.17, 15) is 4.79 Å². The van der Waals surface area contributed by atoms with Crippen LogP contribution in [-0.2, 0) is 25.0 Å². The van der Waals surface area contributed by atoms with Crippen LogP contribution in [0.5, 0.6) is 5.75 Å². The fourth-order valence-corrected chi connectivity index (χ4v) is 8.51. The van der Waals surface area contributed by atoms with Crippen molar-refractivity contribution in [3.63, 3.8) is 0 Å². The van der Waals surface area contributed by atoms with Crippen molar-refractivity contribution in [1.29, 1.82) is 0 Å². The topological polar surface area (TPSA) is 44.8 Å². The Morgan fingerprint density at radius 2 is 1.47 bits per heavy atom. The number of cyclic esters (lactones) is 1. The predicted octanol–water partition coefficient (Wildman–Crippen LogP) is 10.0. The zero-order valence-corrected chi connectivity index (χ0v) is 28.9. The lowest BCUT2D eigenvalue weighted by Gasteiger charge is -2.39. The highest BCUT2D eigenvalue weighted by Crippen LogP contribution is 2.43. The highest BCUT2D eigenvalue weighted by Gasteiger charge is 2.35. The molecule has 0 amide bonds. The van der Waals surface area contributed by atoms with Crippen LogP contribution in [0, 0.1) is 13.8 Å². The molecule has 4 rings (SSSR count). The van der Waals surface area contributed by atoms with Gasteiger partial charge in [0.05, 0.1) is 5.60 Å². The monoisotopic (exact) mass is 600 g/mol. The molecule has 232 valence electrons. The zero-order valence-electron chi connectivity index (χ0n) is 27.9. The molecule has 5 heteroatoms. The minimum absolute atomic E-state index is 0.0971. The molecule has 0 saturated carbocycles. The van der Waals surface area contributed by atoms with E-state index in [0.717, 1.165) is 43.4 Å². The number of benzene rings is 3. The van der Waals surface area contributed by atoms with E-state index >= 15 is 0 Å². The van der Waals surface area contributed by atoms with Crippen molar-refractivity contribution in [2.45, 2.75) is 117 Å². The second-order valence-electron chi connectivity index (χ2n) is 13.3. The summed E-state index contributed by atoms with van der Waals surface area (Å²) in [5, 5.41) is 0. The summed E-state index contributed by atoms with van der Waals surface area (Å²) in [4.78, 5) is 11.5. The third-order valence-electron chi connectivity index (χ3n) is 9.45. The van der Waals surface area contributed by atoms with E-state index in [-0.39, 0.29) is 23.1 Å². The Morgan fingerprint density at radius 1 is 0.814 bits per heavy atom. The third-order valence-corrected chi connectivity index (χ3v) is 10.5. The maximum absolute atomic E-state index is 11.5. The highest BCUT2D eigenvalue weighted by molar-refractivity contribution is 6.69. The van der Waals surface area contributed by atoms with E-state index in [1.807, 2.05) is 0 Å². The fraction of sp³-hybridized carbons (Fsp3) is 0.500. The number of hydrogen-bond acceptors (Lipinski definition) is 4. The van der Waals surface area contributed by atoms with Crippen molar-refractivity contribution >= 4 is 14.3 Å². The Hall–Kier alpha value is -2.89. The molecule has 3 aromatic carbocycles. The van der Waals surface area contributed by atoms with Gasteiger partial charge < -0.3 is 13.9 Å². The molecule has 0 spiro atoms. The predicted molar refractivity (Wildman–Crippen MR) is 180 cm³/mol. The lowest BCUT2D eigenvalue weighted by Crippen LogP contribution is -2.40. The molecule has 0 aliphatic carbocycles. The van der Waals surface area contributed by atoms with E-state index in [1.165, 1.54) is 33.4 Å². The molecule has 0 N–H and O–H groups in total. The Morgan fingerprint density at radius 3 is 2.00 bits per heavy atom. The zero-order chi connectivity index (χ0) is 31.4. The van der Waals surface area contributed by atoms with Crippen molar-refractivity contribution in [2.75, 3.05) is 6.61 Å². The van der Waals surface area contributed by atoms with E-state index in [1.54, 1.807) is 0 Å². The lowest BCUT2D eigenvalue weighted by molar-refractivity contribution is -0.142. The van der Waals surface area contributed by atoms with E-state index in [4.69, 9.17) is 13.9 Å². The minimum Gasteiger partial charge on any atom is -0.489 e. The molecule has 0 radical (unpaired) electrons. The van der Waals surface area contributed by atoms with Gasteiger partial charge in [-0.1, -0.05) is 76.2 Å². The van der Waals surface area contributed by atoms with Gasteiger partial charge in [-0.05, 0) is 117 Å². The molecule has 43 heavy (non-hydrogen) atoms. The molecular weight excluding hydrogens is 549 g/mol. The van der Waals surface area contributed by atoms with Crippen molar-refractivity contribution in [1.82, 2.24) is 0 Å². The number of ether oxygens (including phenoxy) is 2. The molecule has 1 saturated heterocycles. The van der Waals surface area contributed by atoms with Crippen LogP contribution >= 0.6 is 0 Å². The second-order valence-corrected chi connectivity index (χ2v) is 17.7. The third kappa shape index (κ3) is 7.10. The van der Waals surface area contributed by atoms with Crippen LogP contribution in [0.4, 0.5) is 0 Å². The first-order valence-electron chi connectivity index (χ1n) is 16.3. The van der Waals surface area contributed by atoms with Crippen molar-refractivity contribution < 1.29 is 18.7 Å². The number of aryl methyl sites for hydroxylation is 2. The average molecular weight is 601 g/mol. The van der Waals surface area contributed by atoms with Crippen LogP contribution in [0.2, 0.25) is 19.6 Å². The average Bonchev–Trinajstić information content (AvgIpc) is 3.41. The molecule has 4 nitrogen and oxygen atoms in total. The smallest absolute Gasteiger partial charge is 0.306 e. The van der Waals surface area contributed by atoms with Crippen LogP contribution < -0.4 is 4.74 Å². The van der Waals surface area contributed by atoms with Crippen LogP contribution in [0.15, 0.2) is 60.7 Å². The molecule has 1 fully saturated rings. The molecule has 1 aliphatic rings. The summed E-state index contributed by atoms with van der Waals surface area (Å²) in [6, 6.07) is 22.7. The van der Waals surface area contributed by atoms with Crippen molar-refractivity contribution in [2.24, 2.45) is 0 Å². The van der Waals surface area contributed by atoms with Gasteiger partial charge in [-0.15, -0.1) is 0 Å². The summed E-state index contributed by atoms with van der Waals surface area (Å²) >= 11 is 0. The molecule has 1 aliphatic heterocycles. The standard InChI is InChI=1S/C38H52O4Si/c1-10-37(11-2,31-18-21-35(28(6)24-31)40-26-33-19-22-36(39)41-33)30-17-20-34(27(5)23-30)29-15-14-16-32(25-29)38(12-3,13-4)42-43(7,8)9/h14-18,20-21,23-25,33H,10-13,19,22,26H2,1-9H3/t33-/m1/s1. The van der Waals surface area contributed by atoms with Gasteiger partial charge in [0.2, 0.25) is 0 Å². The van der Waals surface area contributed by atoms with Gasteiger partial charge in [-0.3, -0.25) is 4.79 Å². The Balaban J connectivity index is 1.64. The number of esters is 1. The van der Waals surface area contributed by atoms with Gasteiger partial charge in [-0.2, -0.15) is 0 Å². The quantitative estimate of drug-likeness (QED) is 0.145.